The van der Waals surface area contributed by atoms with Crippen LogP contribution in [0.2, 0.25) is 0 Å². The van der Waals surface area contributed by atoms with Crippen molar-refractivity contribution < 1.29 is 43.9 Å². The molecule has 0 spiro atoms. The van der Waals surface area contributed by atoms with Gasteiger partial charge in [-0.05, 0) is 56.6 Å². The van der Waals surface area contributed by atoms with E-state index in [0.29, 0.717) is 19.3 Å². The number of fused-ring (bicyclic) bond motifs is 5. The Kier molecular flexibility index (Phi) is 5.74. The Hall–Kier alpha value is -2.23. The van der Waals surface area contributed by atoms with Crippen LogP contribution in [-0.2, 0) is 23.8 Å². The molecule has 4 aliphatic carbocycles. The Morgan fingerprint density at radius 1 is 1.18 bits per heavy atom. The lowest BCUT2D eigenvalue weighted by molar-refractivity contribution is -0.301. The molecule has 0 amide bonds. The largest absolute Gasteiger partial charge is 0.509 e. The number of hydrogen-bond acceptors (Lipinski definition) is 9. The summed E-state index contributed by atoms with van der Waals surface area (Å²) in [4.78, 5) is 37.5. The molecule has 4 aliphatic rings. The summed E-state index contributed by atoms with van der Waals surface area (Å²) in [5, 5.41) is 32.2. The Labute approximate surface area is 192 Å². The minimum absolute atomic E-state index is 0.0389. The van der Waals surface area contributed by atoms with Gasteiger partial charge in [-0.2, -0.15) is 0 Å². The Balaban J connectivity index is 1.78. The van der Waals surface area contributed by atoms with Crippen LogP contribution in [-0.4, -0.2) is 58.0 Å². The van der Waals surface area contributed by atoms with Gasteiger partial charge in [0.15, 0.2) is 18.4 Å². The highest BCUT2D eigenvalue weighted by molar-refractivity contribution is 6.01. The Bertz CT molecular complexity index is 921. The molecule has 9 nitrogen and oxygen atoms in total. The monoisotopic (exact) mass is 464 g/mol. The highest BCUT2D eigenvalue weighted by atomic mass is 16.7. The number of esters is 1. The standard InChI is InChI=1S/C24H32O9/c1-4-31-20(28)33-23(19(27)32-13-25)10-8-17-16-6-5-14-11-15(26)7-9-21(14,2)18(16)24(29,30)12-22(17,23)3/h7,9,11,16-18,25,29-30H,4-6,8,10,12-13H2,1-3H3. The van der Waals surface area contributed by atoms with E-state index in [4.69, 9.17) is 14.2 Å². The molecule has 0 saturated heterocycles. The fourth-order valence-electron chi connectivity index (χ4n) is 7.46. The van der Waals surface area contributed by atoms with Crippen molar-refractivity contribution in [1.82, 2.24) is 0 Å². The van der Waals surface area contributed by atoms with Crippen LogP contribution in [0.3, 0.4) is 0 Å². The van der Waals surface area contributed by atoms with Gasteiger partial charge in [0.05, 0.1) is 6.61 Å². The molecule has 3 saturated carbocycles. The molecule has 0 bridgehead atoms. The first kappa shape index (κ1) is 23.9. The van der Waals surface area contributed by atoms with Gasteiger partial charge in [-0.15, -0.1) is 0 Å². The quantitative estimate of drug-likeness (QED) is 0.421. The molecule has 182 valence electrons. The third kappa shape index (κ3) is 3.35. The van der Waals surface area contributed by atoms with Crippen molar-refractivity contribution in [3.63, 3.8) is 0 Å². The van der Waals surface area contributed by atoms with Gasteiger partial charge in [0.25, 0.3) is 0 Å². The minimum Gasteiger partial charge on any atom is -0.436 e. The molecular weight excluding hydrogens is 432 g/mol. The van der Waals surface area contributed by atoms with E-state index in [2.05, 4.69) is 0 Å². The summed E-state index contributed by atoms with van der Waals surface area (Å²) in [6.07, 6.45) is 5.33. The normalized spacial score (nSPS) is 40.7. The lowest BCUT2D eigenvalue weighted by atomic mass is 9.45. The first-order valence-electron chi connectivity index (χ1n) is 11.5. The molecule has 3 N–H and O–H groups in total. The number of ketones is 1. The second-order valence-electron chi connectivity index (χ2n) is 10.2. The van der Waals surface area contributed by atoms with E-state index in [1.807, 2.05) is 6.92 Å². The van der Waals surface area contributed by atoms with Crippen molar-refractivity contribution in [2.75, 3.05) is 13.4 Å². The maximum atomic E-state index is 13.1. The van der Waals surface area contributed by atoms with Crippen LogP contribution in [0.15, 0.2) is 23.8 Å². The number of aliphatic hydroxyl groups excluding tert-OH is 1. The van der Waals surface area contributed by atoms with Gasteiger partial charge in [-0.3, -0.25) is 4.79 Å². The first-order chi connectivity index (χ1) is 15.4. The Morgan fingerprint density at radius 2 is 1.91 bits per heavy atom. The highest BCUT2D eigenvalue weighted by Gasteiger charge is 2.74. The number of hydrogen-bond donors (Lipinski definition) is 3. The first-order valence-corrected chi connectivity index (χ1v) is 11.5. The summed E-state index contributed by atoms with van der Waals surface area (Å²) >= 11 is 0. The molecule has 0 aliphatic heterocycles. The molecule has 6 atom stereocenters. The molecule has 0 heterocycles. The van der Waals surface area contributed by atoms with Crippen LogP contribution in [0, 0.1) is 28.6 Å². The van der Waals surface area contributed by atoms with Gasteiger partial charge in [0, 0.05) is 23.2 Å². The van der Waals surface area contributed by atoms with Crippen LogP contribution in [0.5, 0.6) is 0 Å². The van der Waals surface area contributed by atoms with Crippen LogP contribution in [0.25, 0.3) is 0 Å². The number of carbonyl (C=O) groups excluding carboxylic acids is 3. The number of aliphatic hydroxyl groups is 3. The zero-order valence-electron chi connectivity index (χ0n) is 19.2. The maximum absolute atomic E-state index is 13.1. The van der Waals surface area contributed by atoms with Gasteiger partial charge in [0.2, 0.25) is 5.60 Å². The van der Waals surface area contributed by atoms with Crippen molar-refractivity contribution in [2.45, 2.75) is 64.3 Å². The van der Waals surface area contributed by atoms with Crippen molar-refractivity contribution in [1.29, 1.82) is 0 Å². The third-order valence-corrected chi connectivity index (χ3v) is 8.66. The van der Waals surface area contributed by atoms with E-state index >= 15 is 0 Å². The molecule has 33 heavy (non-hydrogen) atoms. The van der Waals surface area contributed by atoms with Crippen LogP contribution in [0.1, 0.15) is 52.9 Å². The van der Waals surface area contributed by atoms with E-state index in [9.17, 15) is 29.7 Å². The molecule has 0 aromatic carbocycles. The molecule has 3 fully saturated rings. The fraction of sp³-hybridized carbons (Fsp3) is 0.708. The SMILES string of the molecule is CCOC(=O)OC1(C(=O)OCO)CCC2C3CCC4=CC(=O)C=CC4(C)C3C(O)(O)CC21C. The maximum Gasteiger partial charge on any atom is 0.509 e. The lowest BCUT2D eigenvalue weighted by Gasteiger charge is -2.61. The summed E-state index contributed by atoms with van der Waals surface area (Å²) in [6, 6.07) is 0. The van der Waals surface area contributed by atoms with E-state index < -0.39 is 47.1 Å². The van der Waals surface area contributed by atoms with Crippen LogP contribution < -0.4 is 0 Å². The summed E-state index contributed by atoms with van der Waals surface area (Å²) in [5.41, 5.74) is -2.86. The summed E-state index contributed by atoms with van der Waals surface area (Å²) < 4.78 is 15.4. The smallest absolute Gasteiger partial charge is 0.436 e. The van der Waals surface area contributed by atoms with Crippen LogP contribution >= 0.6 is 0 Å². The van der Waals surface area contributed by atoms with Crippen molar-refractivity contribution in [3.05, 3.63) is 23.8 Å². The zero-order valence-corrected chi connectivity index (χ0v) is 19.2. The van der Waals surface area contributed by atoms with Gasteiger partial charge in [-0.25, -0.2) is 9.59 Å². The third-order valence-electron chi connectivity index (χ3n) is 8.66. The van der Waals surface area contributed by atoms with Crippen molar-refractivity contribution in [2.24, 2.45) is 28.6 Å². The topological polar surface area (TPSA) is 140 Å². The van der Waals surface area contributed by atoms with E-state index in [0.717, 1.165) is 5.57 Å². The van der Waals surface area contributed by atoms with E-state index in [-0.39, 0.29) is 37.1 Å². The molecule has 0 aromatic heterocycles. The summed E-state index contributed by atoms with van der Waals surface area (Å²) in [5.74, 6) is -4.28. The molecule has 9 heteroatoms. The molecule has 0 radical (unpaired) electrons. The molecule has 6 unspecified atom stereocenters. The molecular formula is C24H32O9. The van der Waals surface area contributed by atoms with Gasteiger partial charge >= 0.3 is 12.1 Å². The number of allylic oxidation sites excluding steroid dienone is 4. The number of rotatable bonds is 4. The highest BCUT2D eigenvalue weighted by Crippen LogP contribution is 2.69. The zero-order chi connectivity index (χ0) is 24.2. The minimum atomic E-state index is -2.22. The predicted molar refractivity (Wildman–Crippen MR) is 113 cm³/mol. The average Bonchev–Trinajstić information content (AvgIpc) is 3.00. The Morgan fingerprint density at radius 3 is 2.58 bits per heavy atom. The number of carbonyl (C=O) groups is 3. The van der Waals surface area contributed by atoms with Crippen LogP contribution in [0.4, 0.5) is 4.79 Å². The summed E-state index contributed by atoms with van der Waals surface area (Å²) in [6.45, 7) is 4.38. The fourth-order valence-corrected chi connectivity index (χ4v) is 7.46. The molecule has 0 aromatic rings. The van der Waals surface area contributed by atoms with Crippen molar-refractivity contribution >= 4 is 17.9 Å². The van der Waals surface area contributed by atoms with E-state index in [1.54, 1.807) is 26.0 Å². The van der Waals surface area contributed by atoms with Gasteiger partial charge < -0.3 is 29.5 Å². The lowest BCUT2D eigenvalue weighted by Crippen LogP contribution is -2.67. The second-order valence-corrected chi connectivity index (χ2v) is 10.2. The average molecular weight is 465 g/mol. The summed E-state index contributed by atoms with van der Waals surface area (Å²) in [7, 11) is 0. The number of ether oxygens (including phenoxy) is 3. The predicted octanol–water partition coefficient (Wildman–Crippen LogP) is 1.99. The van der Waals surface area contributed by atoms with E-state index in [1.165, 1.54) is 6.08 Å². The second kappa shape index (κ2) is 7.92. The van der Waals surface area contributed by atoms with Crippen molar-refractivity contribution in [3.8, 4) is 0 Å². The van der Waals surface area contributed by atoms with Gasteiger partial charge in [0.1, 0.15) is 0 Å². The molecule has 4 rings (SSSR count). The van der Waals surface area contributed by atoms with Gasteiger partial charge in [-0.1, -0.05) is 25.5 Å².